The average Bonchev–Trinajstić information content (AvgIpc) is 2.83. The van der Waals surface area contributed by atoms with Crippen LogP contribution in [0.5, 0.6) is 5.75 Å². The molecule has 0 aliphatic rings. The lowest BCUT2D eigenvalue weighted by molar-refractivity contribution is -0.131. The van der Waals surface area contributed by atoms with E-state index in [4.69, 9.17) is 4.74 Å². The number of aromatic nitrogens is 1. The maximum absolute atomic E-state index is 11.1. The second-order valence-corrected chi connectivity index (χ2v) is 5.56. The molecular formula is C17H24N2O2. The van der Waals surface area contributed by atoms with Gasteiger partial charge in [0.2, 0.25) is 0 Å². The first kappa shape index (κ1) is 15.6. The van der Waals surface area contributed by atoms with Crippen molar-refractivity contribution >= 4 is 16.9 Å². The van der Waals surface area contributed by atoms with Crippen LogP contribution in [0.15, 0.2) is 24.4 Å². The molecule has 0 atom stereocenters. The molecule has 114 valence electrons. The summed E-state index contributed by atoms with van der Waals surface area (Å²) >= 11 is 0. The normalized spacial score (nSPS) is 11.5. The van der Waals surface area contributed by atoms with Gasteiger partial charge in [0, 0.05) is 31.1 Å². The number of nitrogens with zero attached hydrogens (tertiary/aromatic N) is 1. The summed E-state index contributed by atoms with van der Waals surface area (Å²) in [6, 6.07) is 6.37. The van der Waals surface area contributed by atoms with Gasteiger partial charge in [0.15, 0.2) is 5.75 Å². The number of nitrogens with one attached hydrogen (secondary N) is 1. The molecule has 1 N–H and O–H groups in total. The molecule has 0 saturated carbocycles. The van der Waals surface area contributed by atoms with Gasteiger partial charge < -0.3 is 14.6 Å². The summed E-state index contributed by atoms with van der Waals surface area (Å²) in [7, 11) is 0. The van der Waals surface area contributed by atoms with E-state index in [1.54, 1.807) is 0 Å². The molecule has 1 heterocycles. The molecule has 4 nitrogen and oxygen atoms in total. The van der Waals surface area contributed by atoms with Crippen molar-refractivity contribution in [2.24, 2.45) is 0 Å². The summed E-state index contributed by atoms with van der Waals surface area (Å²) in [6.07, 6.45) is 3.00. The van der Waals surface area contributed by atoms with Crippen LogP contribution in [0.1, 0.15) is 33.3 Å². The maximum Gasteiger partial charge on any atom is 0.308 e. The largest absolute Gasteiger partial charge is 0.424 e. The number of ether oxygens (including phenoxy) is 1. The zero-order valence-corrected chi connectivity index (χ0v) is 13.3. The van der Waals surface area contributed by atoms with Crippen LogP contribution in [-0.2, 0) is 11.2 Å². The lowest BCUT2D eigenvalue weighted by Gasteiger charge is -2.24. The van der Waals surface area contributed by atoms with Gasteiger partial charge in [-0.15, -0.1) is 0 Å². The average molecular weight is 288 g/mol. The van der Waals surface area contributed by atoms with Crippen molar-refractivity contribution in [3.63, 3.8) is 0 Å². The topological polar surface area (TPSA) is 45.3 Å². The van der Waals surface area contributed by atoms with E-state index in [1.165, 1.54) is 12.5 Å². The Labute approximate surface area is 126 Å². The van der Waals surface area contributed by atoms with Crippen LogP contribution in [0.4, 0.5) is 0 Å². The quantitative estimate of drug-likeness (QED) is 0.655. The first-order valence-electron chi connectivity index (χ1n) is 7.54. The number of likely N-dealkylation sites (N-methyl/N-ethyl adjacent to an activating group) is 1. The van der Waals surface area contributed by atoms with E-state index in [1.807, 2.05) is 18.3 Å². The highest BCUT2D eigenvalue weighted by Crippen LogP contribution is 2.27. The molecule has 0 fully saturated rings. The Morgan fingerprint density at radius 2 is 2.14 bits per heavy atom. The Balaban J connectivity index is 2.20. The fourth-order valence-corrected chi connectivity index (χ4v) is 2.68. The van der Waals surface area contributed by atoms with E-state index < -0.39 is 0 Å². The van der Waals surface area contributed by atoms with Crippen molar-refractivity contribution in [3.05, 3.63) is 30.0 Å². The molecule has 21 heavy (non-hydrogen) atoms. The number of benzene rings is 1. The van der Waals surface area contributed by atoms with Gasteiger partial charge in [-0.3, -0.25) is 4.79 Å². The number of carbonyl (C=O) groups excluding carboxylic acids is 1. The number of carbonyl (C=O) groups is 1. The smallest absolute Gasteiger partial charge is 0.308 e. The molecule has 0 aliphatic carbocycles. The van der Waals surface area contributed by atoms with Crippen LogP contribution in [0.2, 0.25) is 0 Å². The fourth-order valence-electron chi connectivity index (χ4n) is 2.68. The first-order chi connectivity index (χ1) is 10.0. The van der Waals surface area contributed by atoms with Gasteiger partial charge in [-0.1, -0.05) is 19.1 Å². The lowest BCUT2D eigenvalue weighted by Crippen LogP contribution is -2.32. The van der Waals surface area contributed by atoms with Gasteiger partial charge >= 0.3 is 5.97 Å². The minimum Gasteiger partial charge on any atom is -0.424 e. The zero-order valence-electron chi connectivity index (χ0n) is 13.3. The molecule has 0 radical (unpaired) electrons. The number of para-hydroxylation sites is 1. The van der Waals surface area contributed by atoms with E-state index in [0.29, 0.717) is 11.8 Å². The number of fused-ring (bicyclic) bond motifs is 1. The van der Waals surface area contributed by atoms with Crippen molar-refractivity contribution in [1.82, 2.24) is 9.88 Å². The van der Waals surface area contributed by atoms with Crippen molar-refractivity contribution in [2.75, 3.05) is 13.1 Å². The summed E-state index contributed by atoms with van der Waals surface area (Å²) < 4.78 is 5.25. The summed E-state index contributed by atoms with van der Waals surface area (Å²) in [6.45, 7) is 10.1. The number of esters is 1. The van der Waals surface area contributed by atoms with Crippen molar-refractivity contribution in [1.29, 1.82) is 0 Å². The summed E-state index contributed by atoms with van der Waals surface area (Å²) in [5, 5.41) is 1.13. The molecular weight excluding hydrogens is 264 g/mol. The van der Waals surface area contributed by atoms with E-state index in [9.17, 15) is 4.79 Å². The minimum absolute atomic E-state index is 0.296. The number of aromatic amines is 1. The predicted molar refractivity (Wildman–Crippen MR) is 85.7 cm³/mol. The van der Waals surface area contributed by atoms with E-state index >= 15 is 0 Å². The first-order valence-corrected chi connectivity index (χ1v) is 7.54. The number of hydrogen-bond acceptors (Lipinski definition) is 3. The van der Waals surface area contributed by atoms with E-state index in [0.717, 1.165) is 30.4 Å². The van der Waals surface area contributed by atoms with Crippen molar-refractivity contribution in [2.45, 2.75) is 40.2 Å². The molecule has 1 aromatic carbocycles. The molecule has 0 bridgehead atoms. The Morgan fingerprint density at radius 1 is 1.38 bits per heavy atom. The van der Waals surface area contributed by atoms with Gasteiger partial charge in [-0.25, -0.2) is 0 Å². The van der Waals surface area contributed by atoms with Gasteiger partial charge in [-0.2, -0.15) is 0 Å². The van der Waals surface area contributed by atoms with Gasteiger partial charge in [0.05, 0.1) is 5.52 Å². The lowest BCUT2D eigenvalue weighted by atomic mass is 10.1. The zero-order chi connectivity index (χ0) is 15.4. The van der Waals surface area contributed by atoms with Crippen molar-refractivity contribution < 1.29 is 9.53 Å². The third-order valence-electron chi connectivity index (χ3n) is 3.82. The second kappa shape index (κ2) is 6.76. The molecule has 0 spiro atoms. The van der Waals surface area contributed by atoms with Gasteiger partial charge in [-0.05, 0) is 38.4 Å². The highest BCUT2D eigenvalue weighted by Gasteiger charge is 2.12. The number of hydrogen-bond donors (Lipinski definition) is 1. The Kier molecular flexibility index (Phi) is 5.02. The van der Waals surface area contributed by atoms with Crippen LogP contribution < -0.4 is 4.74 Å². The van der Waals surface area contributed by atoms with Crippen LogP contribution in [0, 0.1) is 0 Å². The molecule has 4 heteroatoms. The number of rotatable bonds is 6. The molecule has 0 amide bonds. The standard InChI is InChI=1S/C17H24N2O2/c1-5-19(12(2)3)10-9-14-11-18-17-15(14)7-6-8-16(17)21-13(4)20/h6-8,11-12,18H,5,9-10H2,1-4H3. The number of H-pyrrole nitrogens is 1. The summed E-state index contributed by atoms with van der Waals surface area (Å²) in [4.78, 5) is 16.8. The van der Waals surface area contributed by atoms with Crippen LogP contribution in [-0.4, -0.2) is 35.0 Å². The Bertz CT molecular complexity index is 616. The van der Waals surface area contributed by atoms with E-state index in [-0.39, 0.29) is 5.97 Å². The molecule has 1 aromatic heterocycles. The fraction of sp³-hybridized carbons (Fsp3) is 0.471. The summed E-state index contributed by atoms with van der Waals surface area (Å²) in [5.41, 5.74) is 2.16. The maximum atomic E-state index is 11.1. The Hall–Kier alpha value is -1.81. The SMILES string of the molecule is CCN(CCc1c[nH]c2c(OC(C)=O)cccc12)C(C)C. The molecule has 0 unspecified atom stereocenters. The van der Waals surface area contributed by atoms with Crippen molar-refractivity contribution in [3.8, 4) is 5.75 Å². The van der Waals surface area contributed by atoms with Crippen LogP contribution in [0.25, 0.3) is 10.9 Å². The summed E-state index contributed by atoms with van der Waals surface area (Å²) in [5.74, 6) is 0.304. The molecule has 2 aromatic rings. The second-order valence-electron chi connectivity index (χ2n) is 5.56. The minimum atomic E-state index is -0.296. The third kappa shape index (κ3) is 3.64. The molecule has 0 saturated heterocycles. The van der Waals surface area contributed by atoms with Crippen LogP contribution >= 0.6 is 0 Å². The third-order valence-corrected chi connectivity index (χ3v) is 3.82. The predicted octanol–water partition coefficient (Wildman–Crippen LogP) is 3.37. The van der Waals surface area contributed by atoms with Gasteiger partial charge in [0.1, 0.15) is 0 Å². The molecule has 2 rings (SSSR count). The van der Waals surface area contributed by atoms with Gasteiger partial charge in [0.25, 0.3) is 0 Å². The highest BCUT2D eigenvalue weighted by molar-refractivity contribution is 5.90. The van der Waals surface area contributed by atoms with E-state index in [2.05, 4.69) is 36.7 Å². The highest BCUT2D eigenvalue weighted by atomic mass is 16.5. The molecule has 0 aliphatic heterocycles. The monoisotopic (exact) mass is 288 g/mol. The van der Waals surface area contributed by atoms with Crippen LogP contribution in [0.3, 0.4) is 0 Å². The Morgan fingerprint density at radius 3 is 2.76 bits per heavy atom.